The number of rotatable bonds is 3. The van der Waals surface area contributed by atoms with Gasteiger partial charge >= 0.3 is 6.18 Å². The normalized spacial score (nSPS) is 11.5. The van der Waals surface area contributed by atoms with Crippen molar-refractivity contribution in [3.63, 3.8) is 0 Å². The lowest BCUT2D eigenvalue weighted by atomic mass is 10.2. The van der Waals surface area contributed by atoms with E-state index in [2.05, 4.69) is 10.4 Å². The molecule has 140 valence electrons. The Hall–Kier alpha value is -2.87. The molecule has 0 aliphatic carbocycles. The van der Waals surface area contributed by atoms with Crippen molar-refractivity contribution in [2.24, 2.45) is 0 Å². The van der Waals surface area contributed by atoms with Gasteiger partial charge in [0.1, 0.15) is 11.6 Å². The third-order valence-corrected chi connectivity index (χ3v) is 4.01. The van der Waals surface area contributed by atoms with Crippen LogP contribution in [0.4, 0.5) is 23.4 Å². The van der Waals surface area contributed by atoms with Crippen LogP contribution in [0.1, 0.15) is 21.6 Å². The summed E-state index contributed by atoms with van der Waals surface area (Å²) in [4.78, 5) is 12.3. The van der Waals surface area contributed by atoms with Gasteiger partial charge in [-0.25, -0.2) is 9.07 Å². The van der Waals surface area contributed by atoms with E-state index in [0.717, 1.165) is 28.9 Å². The summed E-state index contributed by atoms with van der Waals surface area (Å²) >= 11 is 6.04. The average Bonchev–Trinajstić information content (AvgIpc) is 2.94. The number of nitrogens with zero attached hydrogens (tertiary/aromatic N) is 2. The van der Waals surface area contributed by atoms with Crippen LogP contribution in [0.3, 0.4) is 0 Å². The highest BCUT2D eigenvalue weighted by molar-refractivity contribution is 6.32. The Labute approximate surface area is 156 Å². The largest absolute Gasteiger partial charge is 0.416 e. The van der Waals surface area contributed by atoms with Gasteiger partial charge in [0.05, 0.1) is 27.5 Å². The predicted octanol–water partition coefficient (Wildman–Crippen LogP) is 5.24. The van der Waals surface area contributed by atoms with Crippen molar-refractivity contribution in [1.82, 2.24) is 9.78 Å². The zero-order valence-electron chi connectivity index (χ0n) is 13.8. The summed E-state index contributed by atoms with van der Waals surface area (Å²) in [6, 6.07) is 9.55. The molecule has 0 spiro atoms. The predicted molar refractivity (Wildman–Crippen MR) is 92.7 cm³/mol. The van der Waals surface area contributed by atoms with Crippen LogP contribution in [-0.2, 0) is 6.18 Å². The second-order valence-electron chi connectivity index (χ2n) is 5.68. The van der Waals surface area contributed by atoms with Crippen molar-refractivity contribution < 1.29 is 22.4 Å². The van der Waals surface area contributed by atoms with E-state index in [-0.39, 0.29) is 22.1 Å². The number of aromatic nitrogens is 2. The molecule has 0 bridgehead atoms. The molecule has 0 radical (unpaired) electrons. The molecule has 1 amide bonds. The zero-order valence-corrected chi connectivity index (χ0v) is 14.6. The van der Waals surface area contributed by atoms with Crippen LogP contribution in [-0.4, -0.2) is 15.7 Å². The maximum atomic E-state index is 13.8. The van der Waals surface area contributed by atoms with E-state index in [1.807, 2.05) is 0 Å². The number of aryl methyl sites for hydroxylation is 1. The first-order valence-corrected chi connectivity index (χ1v) is 8.04. The van der Waals surface area contributed by atoms with Crippen LogP contribution in [0.5, 0.6) is 0 Å². The number of carbonyl (C=O) groups excluding carboxylic acids is 1. The minimum atomic E-state index is -4.57. The lowest BCUT2D eigenvalue weighted by Crippen LogP contribution is -2.17. The third kappa shape index (κ3) is 3.95. The number of alkyl halides is 3. The van der Waals surface area contributed by atoms with Crippen LogP contribution in [0, 0.1) is 12.7 Å². The van der Waals surface area contributed by atoms with Gasteiger partial charge in [-0.2, -0.15) is 18.3 Å². The molecular weight excluding hydrogens is 386 g/mol. The number of nitrogens with one attached hydrogen (secondary N) is 1. The zero-order chi connectivity index (χ0) is 19.8. The monoisotopic (exact) mass is 397 g/mol. The first-order chi connectivity index (χ1) is 12.7. The molecule has 27 heavy (non-hydrogen) atoms. The highest BCUT2D eigenvalue weighted by Crippen LogP contribution is 2.34. The maximum Gasteiger partial charge on any atom is 0.416 e. The van der Waals surface area contributed by atoms with Crippen LogP contribution in [0.15, 0.2) is 48.5 Å². The number of carbonyl (C=O) groups is 1. The second-order valence-corrected chi connectivity index (χ2v) is 6.09. The molecule has 3 aromatic rings. The van der Waals surface area contributed by atoms with Crippen molar-refractivity contribution in [3.05, 3.63) is 76.2 Å². The Balaban J connectivity index is 2.03. The molecule has 4 nitrogen and oxygen atoms in total. The van der Waals surface area contributed by atoms with Gasteiger partial charge in [0, 0.05) is 6.07 Å². The quantitative estimate of drug-likeness (QED) is 0.614. The highest BCUT2D eigenvalue weighted by Gasteiger charge is 2.31. The van der Waals surface area contributed by atoms with Gasteiger partial charge in [-0.1, -0.05) is 23.7 Å². The molecular formula is C18H12ClF4N3O. The number of anilines is 1. The Morgan fingerprint density at radius 3 is 2.52 bits per heavy atom. The van der Waals surface area contributed by atoms with E-state index >= 15 is 0 Å². The van der Waals surface area contributed by atoms with Crippen LogP contribution in [0.2, 0.25) is 5.02 Å². The molecule has 1 heterocycles. The van der Waals surface area contributed by atoms with Gasteiger partial charge in [0.15, 0.2) is 0 Å². The Kier molecular flexibility index (Phi) is 4.93. The number of hydrogen-bond acceptors (Lipinski definition) is 2. The van der Waals surface area contributed by atoms with Gasteiger partial charge in [0.25, 0.3) is 5.91 Å². The lowest BCUT2D eigenvalue weighted by Gasteiger charge is -2.13. The minimum Gasteiger partial charge on any atom is -0.306 e. The average molecular weight is 398 g/mol. The number of halogens is 5. The molecule has 0 unspecified atom stereocenters. The van der Waals surface area contributed by atoms with E-state index in [1.165, 1.54) is 24.3 Å². The van der Waals surface area contributed by atoms with Gasteiger partial charge in [-0.3, -0.25) is 4.79 Å². The number of benzene rings is 2. The van der Waals surface area contributed by atoms with Gasteiger partial charge < -0.3 is 5.32 Å². The fraction of sp³-hybridized carbons (Fsp3) is 0.111. The smallest absolute Gasteiger partial charge is 0.306 e. The van der Waals surface area contributed by atoms with Crippen molar-refractivity contribution in [2.45, 2.75) is 13.1 Å². The molecule has 0 saturated carbocycles. The van der Waals surface area contributed by atoms with Crippen LogP contribution in [0.25, 0.3) is 5.69 Å². The summed E-state index contributed by atoms with van der Waals surface area (Å²) in [6.07, 6.45) is -4.57. The Morgan fingerprint density at radius 2 is 1.85 bits per heavy atom. The molecule has 2 aromatic carbocycles. The lowest BCUT2D eigenvalue weighted by molar-refractivity contribution is -0.137. The minimum absolute atomic E-state index is 0.00694. The topological polar surface area (TPSA) is 46.9 Å². The summed E-state index contributed by atoms with van der Waals surface area (Å²) in [7, 11) is 0. The van der Waals surface area contributed by atoms with Crippen LogP contribution >= 0.6 is 11.6 Å². The first-order valence-electron chi connectivity index (χ1n) is 7.66. The SMILES string of the molecule is Cc1cc(NC(=O)c2ccccc2F)n(-c2cc(C(F)(F)F)ccc2Cl)n1. The van der Waals surface area contributed by atoms with Gasteiger partial charge in [-0.15, -0.1) is 0 Å². The second kappa shape index (κ2) is 7.03. The molecule has 0 fully saturated rings. The Bertz CT molecular complexity index is 1010. The van der Waals surface area contributed by atoms with Crippen LogP contribution < -0.4 is 5.32 Å². The standard InChI is InChI=1S/C18H12ClF4N3O/c1-10-8-16(24-17(27)12-4-2-3-5-14(12)20)26(25-10)15-9-11(18(21,22)23)6-7-13(15)19/h2-9H,1H3,(H,24,27). The van der Waals surface area contributed by atoms with Crippen molar-refractivity contribution in [2.75, 3.05) is 5.32 Å². The molecule has 0 aliphatic heterocycles. The molecule has 9 heteroatoms. The molecule has 0 aliphatic rings. The maximum absolute atomic E-state index is 13.8. The van der Waals surface area contributed by atoms with Gasteiger partial charge in [0.2, 0.25) is 0 Å². The number of hydrogen-bond donors (Lipinski definition) is 1. The van der Waals surface area contributed by atoms with Crippen molar-refractivity contribution >= 4 is 23.3 Å². The van der Waals surface area contributed by atoms with Crippen molar-refractivity contribution in [3.8, 4) is 5.69 Å². The fourth-order valence-corrected chi connectivity index (χ4v) is 2.65. The molecule has 1 aromatic heterocycles. The summed E-state index contributed by atoms with van der Waals surface area (Å²) < 4.78 is 53.9. The van der Waals surface area contributed by atoms with E-state index in [9.17, 15) is 22.4 Å². The highest BCUT2D eigenvalue weighted by atomic mass is 35.5. The third-order valence-electron chi connectivity index (χ3n) is 3.69. The van der Waals surface area contributed by atoms with E-state index in [0.29, 0.717) is 5.69 Å². The van der Waals surface area contributed by atoms with Gasteiger partial charge in [-0.05, 0) is 37.3 Å². The summed E-state index contributed by atoms with van der Waals surface area (Å²) in [5, 5.41) is 6.55. The van der Waals surface area contributed by atoms with Crippen molar-refractivity contribution in [1.29, 1.82) is 0 Å². The van der Waals surface area contributed by atoms with E-state index in [1.54, 1.807) is 6.92 Å². The fourth-order valence-electron chi connectivity index (χ4n) is 2.45. The molecule has 3 rings (SSSR count). The Morgan fingerprint density at radius 1 is 1.15 bits per heavy atom. The number of amides is 1. The summed E-state index contributed by atoms with van der Waals surface area (Å²) in [6.45, 7) is 1.59. The molecule has 0 saturated heterocycles. The summed E-state index contributed by atoms with van der Waals surface area (Å²) in [5.41, 5.74) is -0.768. The molecule has 1 N–H and O–H groups in total. The van der Waals surface area contributed by atoms with E-state index < -0.39 is 23.5 Å². The first kappa shape index (κ1) is 18.9. The molecule has 0 atom stereocenters. The van der Waals surface area contributed by atoms with E-state index in [4.69, 9.17) is 11.6 Å². The summed E-state index contributed by atoms with van der Waals surface area (Å²) in [5.74, 6) is -1.44.